The third-order valence-electron chi connectivity index (χ3n) is 1.84. The van der Waals surface area contributed by atoms with Crippen molar-refractivity contribution < 1.29 is 18.3 Å². The zero-order chi connectivity index (χ0) is 9.56. The van der Waals surface area contributed by atoms with Crippen molar-refractivity contribution in [3.63, 3.8) is 0 Å². The van der Waals surface area contributed by atoms with E-state index in [0.29, 0.717) is 12.1 Å². The molecule has 0 aliphatic rings. The molecule has 0 aromatic carbocycles. The molecule has 0 fully saturated rings. The van der Waals surface area contributed by atoms with E-state index in [1.54, 1.807) is 0 Å². The number of hydrogen-bond acceptors (Lipinski definition) is 1. The molecule has 0 aliphatic carbocycles. The molecule has 0 radical (unpaired) electrons. The van der Waals surface area contributed by atoms with E-state index in [-0.39, 0.29) is 0 Å². The minimum atomic E-state index is -0.916. The van der Waals surface area contributed by atoms with Gasteiger partial charge in [-0.2, -0.15) is 0 Å². The third kappa shape index (κ3) is 5.36. The first-order valence-electron chi connectivity index (χ1n) is 4.33. The second-order valence-electron chi connectivity index (χ2n) is 3.37. The summed E-state index contributed by atoms with van der Waals surface area (Å²) in [4.78, 5) is 2.44. The number of nitrogens with zero attached hydrogens (tertiary/aromatic N) is 2. The van der Waals surface area contributed by atoms with Gasteiger partial charge >= 0.3 is 88.4 Å². The van der Waals surface area contributed by atoms with E-state index in [4.69, 9.17) is 9.19 Å². The van der Waals surface area contributed by atoms with E-state index in [1.807, 2.05) is 0 Å². The van der Waals surface area contributed by atoms with Crippen molar-refractivity contribution in [2.24, 2.45) is 0 Å². The molecule has 0 rings (SSSR count). The molecule has 4 heteroatoms. The van der Waals surface area contributed by atoms with E-state index in [2.05, 4.69) is 35.7 Å². The van der Waals surface area contributed by atoms with Crippen molar-refractivity contribution in [3.8, 4) is 0 Å². The zero-order valence-electron chi connectivity index (χ0n) is 8.29. The van der Waals surface area contributed by atoms with Crippen LogP contribution in [-0.2, 0) is 18.3 Å². The molecule has 0 amide bonds. The number of hydrogen-bond donors (Lipinski definition) is 0. The van der Waals surface area contributed by atoms with Crippen molar-refractivity contribution in [3.05, 3.63) is 3.15 Å². The Morgan fingerprint density at radius 1 is 1.25 bits per heavy atom. The average Bonchev–Trinajstić information content (AvgIpc) is 1.96. The monoisotopic (exact) mass is 358 g/mol. The Morgan fingerprint density at radius 2 is 1.75 bits per heavy atom. The Balaban J connectivity index is 3.85. The van der Waals surface area contributed by atoms with Gasteiger partial charge in [0, 0.05) is 0 Å². The van der Waals surface area contributed by atoms with Gasteiger partial charge < -0.3 is 0 Å². The van der Waals surface area contributed by atoms with Gasteiger partial charge in [0.15, 0.2) is 0 Å². The van der Waals surface area contributed by atoms with Crippen molar-refractivity contribution in [2.75, 3.05) is 13.1 Å². The van der Waals surface area contributed by atoms with Crippen molar-refractivity contribution in [1.29, 1.82) is 0 Å². The summed E-state index contributed by atoms with van der Waals surface area (Å²) in [6, 6.07) is 1.23. The molecule has 2 nitrogen and oxygen atoms in total. The number of rotatable bonds is 4. The Morgan fingerprint density at radius 3 is 2.08 bits per heavy atom. The second-order valence-corrected chi connectivity index (χ2v) is 6.16. The van der Waals surface area contributed by atoms with Gasteiger partial charge in [0.25, 0.3) is 0 Å². The van der Waals surface area contributed by atoms with Gasteiger partial charge in [0.05, 0.1) is 0 Å². The van der Waals surface area contributed by atoms with Crippen LogP contribution < -0.4 is 0 Å². The summed E-state index contributed by atoms with van der Waals surface area (Å²) in [5, 5.41) is 0. The molecule has 0 spiro atoms. The molecule has 0 saturated carbocycles. The van der Waals surface area contributed by atoms with Crippen LogP contribution in [0.3, 0.4) is 0 Å². The molecule has 0 unspecified atom stereocenters. The fourth-order valence-electron chi connectivity index (χ4n) is 1.31. The molecule has 0 bridgehead atoms. The van der Waals surface area contributed by atoms with E-state index in [9.17, 15) is 0 Å². The molecule has 0 aromatic rings. The maximum atomic E-state index is 5.64. The predicted molar refractivity (Wildman–Crippen MR) is 51.1 cm³/mol. The SMILES string of the molecule is CC(C)N(CC[N+]#[Ta][Cl])C(C)C. The van der Waals surface area contributed by atoms with Gasteiger partial charge in [-0.25, -0.2) is 0 Å². The molecule has 71 valence electrons. The van der Waals surface area contributed by atoms with E-state index < -0.39 is 18.3 Å². The summed E-state index contributed by atoms with van der Waals surface area (Å²) in [6.07, 6.45) is 0. The molecular weight excluding hydrogens is 341 g/mol. The Bertz CT molecular complexity index is 164. The van der Waals surface area contributed by atoms with Gasteiger partial charge in [-0.3, -0.25) is 0 Å². The predicted octanol–water partition coefficient (Wildman–Crippen LogP) is 2.63. The van der Waals surface area contributed by atoms with Crippen molar-refractivity contribution in [2.45, 2.75) is 39.8 Å². The quantitative estimate of drug-likeness (QED) is 0.750. The Kier molecular flexibility index (Phi) is 7.55. The van der Waals surface area contributed by atoms with Crippen LogP contribution in [0.2, 0.25) is 0 Å². The topological polar surface area (TPSA) is 7.60 Å². The van der Waals surface area contributed by atoms with E-state index >= 15 is 0 Å². The van der Waals surface area contributed by atoms with Crippen molar-refractivity contribution in [1.82, 2.24) is 4.90 Å². The van der Waals surface area contributed by atoms with Crippen LogP contribution in [0.25, 0.3) is 3.15 Å². The molecule has 0 saturated heterocycles. The van der Waals surface area contributed by atoms with Crippen LogP contribution in [0.5, 0.6) is 0 Å². The summed E-state index contributed by atoms with van der Waals surface area (Å²) in [6.45, 7) is 10.9. The Labute approximate surface area is 88.3 Å². The van der Waals surface area contributed by atoms with E-state index in [0.717, 1.165) is 13.1 Å². The van der Waals surface area contributed by atoms with Crippen LogP contribution in [0.4, 0.5) is 0 Å². The molecule has 12 heavy (non-hydrogen) atoms. The van der Waals surface area contributed by atoms with Gasteiger partial charge in [-0.05, 0) is 0 Å². The van der Waals surface area contributed by atoms with Crippen LogP contribution >= 0.6 is 9.19 Å². The van der Waals surface area contributed by atoms with Crippen LogP contribution in [0.15, 0.2) is 0 Å². The van der Waals surface area contributed by atoms with Crippen LogP contribution in [-0.4, -0.2) is 30.1 Å². The van der Waals surface area contributed by atoms with Crippen molar-refractivity contribution >= 4 is 9.19 Å². The fourth-order valence-corrected chi connectivity index (χ4v) is 2.52. The van der Waals surface area contributed by atoms with Gasteiger partial charge in [0.1, 0.15) is 0 Å². The van der Waals surface area contributed by atoms with E-state index in [1.165, 1.54) is 0 Å². The zero-order valence-corrected chi connectivity index (χ0v) is 12.3. The minimum absolute atomic E-state index is 0.613. The van der Waals surface area contributed by atoms with Crippen LogP contribution in [0.1, 0.15) is 27.7 Å². The fraction of sp³-hybridized carbons (Fsp3) is 1.00. The van der Waals surface area contributed by atoms with Gasteiger partial charge in [-0.15, -0.1) is 0 Å². The maximum absolute atomic E-state index is 5.64. The summed E-state index contributed by atoms with van der Waals surface area (Å²) >= 11 is -0.916. The molecule has 0 aromatic heterocycles. The molecule has 0 atom stereocenters. The average molecular weight is 359 g/mol. The van der Waals surface area contributed by atoms with Crippen LogP contribution in [0, 0.1) is 0 Å². The first kappa shape index (κ1) is 12.7. The molecule has 0 aliphatic heterocycles. The second kappa shape index (κ2) is 7.14. The standard InChI is InChI=1S/C8H18N2.ClH.Ta/c1-7(2)10(6-5-9)8(3)4;;/h7-8H,5-6H2,1-4H3;1H;/q+1;;+1/p-1. The first-order valence-corrected chi connectivity index (χ1v) is 9.75. The summed E-state index contributed by atoms with van der Waals surface area (Å²) in [5.41, 5.74) is 0. The van der Waals surface area contributed by atoms with Gasteiger partial charge in [0.2, 0.25) is 0 Å². The number of halogens is 1. The Hall–Kier alpha value is 0.700. The first-order chi connectivity index (χ1) is 5.59. The molecule has 0 heterocycles. The summed E-state index contributed by atoms with van der Waals surface area (Å²) < 4.78 is 4.28. The molecule has 0 N–H and O–H groups in total. The third-order valence-corrected chi connectivity index (χ3v) is 3.82. The normalized spacial score (nSPS) is 10.7. The van der Waals surface area contributed by atoms with Gasteiger partial charge in [-0.1, -0.05) is 0 Å². The molecular formula is C8H18ClN2Ta+. The summed E-state index contributed by atoms with van der Waals surface area (Å²) in [7, 11) is 5.64. The summed E-state index contributed by atoms with van der Waals surface area (Å²) in [5.74, 6) is 0.